The van der Waals surface area contributed by atoms with Gasteiger partial charge in [0.1, 0.15) is 11.3 Å². The molecule has 0 aliphatic carbocycles. The lowest BCUT2D eigenvalue weighted by atomic mass is 10.1. The number of methoxy groups -OCH3 is 1. The smallest absolute Gasteiger partial charge is 0.408 e. The molecule has 1 N–H and O–H groups in total. The Morgan fingerprint density at radius 1 is 1.44 bits per heavy atom. The number of fused-ring (bicyclic) bond motifs is 1. The highest BCUT2D eigenvalue weighted by molar-refractivity contribution is 7.85. The molecule has 0 atom stereocenters. The molecule has 1 aliphatic heterocycles. The van der Waals surface area contributed by atoms with Gasteiger partial charge in [0, 0.05) is 7.05 Å². The Hall–Kier alpha value is -1.76. The molecule has 0 aromatic heterocycles. The maximum atomic E-state index is 11.3. The zero-order valence-electron chi connectivity index (χ0n) is 8.72. The van der Waals surface area contributed by atoms with E-state index in [1.165, 1.54) is 14.2 Å². The van der Waals surface area contributed by atoms with Crippen LogP contribution >= 0.6 is 0 Å². The zero-order valence-corrected chi connectivity index (χ0v) is 9.54. The highest BCUT2D eigenvalue weighted by Gasteiger charge is 2.29. The molecule has 0 amide bonds. The lowest BCUT2D eigenvalue weighted by Gasteiger charge is -2.21. The molecule has 6 nitrogen and oxygen atoms in total. The topological polar surface area (TPSA) is 77.0 Å². The maximum Gasteiger partial charge on any atom is 0.408 e. The summed E-state index contributed by atoms with van der Waals surface area (Å²) in [6.07, 6.45) is 0. The monoisotopic (exact) mass is 242 g/mol. The van der Waals surface area contributed by atoms with Crippen LogP contribution < -0.4 is 13.6 Å². The number of benzene rings is 1. The van der Waals surface area contributed by atoms with Crippen molar-refractivity contribution in [1.29, 1.82) is 0 Å². The molecule has 0 bridgehead atoms. The van der Waals surface area contributed by atoms with Crippen LogP contribution in [0.5, 0.6) is 11.5 Å². The number of aliphatic imine (C=N–C) groups is 1. The first-order chi connectivity index (χ1) is 7.57. The Kier molecular flexibility index (Phi) is 2.47. The van der Waals surface area contributed by atoms with Crippen LogP contribution in [0.1, 0.15) is 5.56 Å². The fourth-order valence-electron chi connectivity index (χ4n) is 1.45. The van der Waals surface area contributed by atoms with E-state index in [1.807, 2.05) is 0 Å². The summed E-state index contributed by atoms with van der Waals surface area (Å²) in [5.74, 6) is 0.915. The molecule has 1 aromatic carbocycles. The van der Waals surface area contributed by atoms with Crippen LogP contribution in [0, 0.1) is 0 Å². The van der Waals surface area contributed by atoms with E-state index < -0.39 is 10.3 Å². The molecule has 1 aliphatic rings. The highest BCUT2D eigenvalue weighted by Crippen LogP contribution is 2.31. The molecule has 7 heteroatoms. The predicted octanol–water partition coefficient (Wildman–Crippen LogP) is 0.298. The van der Waals surface area contributed by atoms with Gasteiger partial charge in [-0.15, -0.1) is 0 Å². The summed E-state index contributed by atoms with van der Waals surface area (Å²) in [6.45, 7) is 0. The summed E-state index contributed by atoms with van der Waals surface area (Å²) >= 11 is 0. The minimum atomic E-state index is -3.82. The number of hydrogen-bond acceptors (Lipinski definition) is 5. The van der Waals surface area contributed by atoms with Gasteiger partial charge >= 0.3 is 10.3 Å². The number of amidine groups is 1. The third-order valence-electron chi connectivity index (χ3n) is 2.09. The number of rotatable bonds is 1. The van der Waals surface area contributed by atoms with Gasteiger partial charge < -0.3 is 8.92 Å². The van der Waals surface area contributed by atoms with E-state index in [0.29, 0.717) is 11.3 Å². The SMILES string of the molecule is CN=C1NS(=O)(=O)Oc2cccc(OC)c21. The van der Waals surface area contributed by atoms with Crippen molar-refractivity contribution in [2.45, 2.75) is 0 Å². The van der Waals surface area contributed by atoms with Crippen LogP contribution in [0.15, 0.2) is 23.2 Å². The number of ether oxygens (including phenoxy) is 1. The molecular formula is C9H10N2O4S. The molecule has 2 rings (SSSR count). The zero-order chi connectivity index (χ0) is 11.8. The average Bonchev–Trinajstić information content (AvgIpc) is 2.25. The number of hydrogen-bond donors (Lipinski definition) is 1. The van der Waals surface area contributed by atoms with E-state index in [2.05, 4.69) is 9.71 Å². The molecule has 0 saturated heterocycles. The summed E-state index contributed by atoms with van der Waals surface area (Å²) in [4.78, 5) is 3.86. The Bertz CT molecular complexity index is 551. The first kappa shape index (κ1) is 10.7. The normalized spacial score (nSPS) is 19.5. The fraction of sp³-hybridized carbons (Fsp3) is 0.222. The van der Waals surface area contributed by atoms with Crippen molar-refractivity contribution in [2.24, 2.45) is 4.99 Å². The minimum absolute atomic E-state index is 0.207. The lowest BCUT2D eigenvalue weighted by molar-refractivity contribution is 0.408. The number of nitrogens with one attached hydrogen (secondary N) is 1. The van der Waals surface area contributed by atoms with Crippen LogP contribution in [0.25, 0.3) is 0 Å². The molecule has 1 heterocycles. The van der Waals surface area contributed by atoms with Gasteiger partial charge in [0.15, 0.2) is 11.6 Å². The van der Waals surface area contributed by atoms with Crippen molar-refractivity contribution >= 4 is 16.1 Å². The molecule has 1 aromatic rings. The second kappa shape index (κ2) is 3.67. The van der Waals surface area contributed by atoms with Gasteiger partial charge in [-0.1, -0.05) is 6.07 Å². The molecule has 86 valence electrons. The molecule has 0 saturated carbocycles. The Balaban J connectivity index is 2.68. The van der Waals surface area contributed by atoms with Crippen molar-refractivity contribution in [1.82, 2.24) is 4.72 Å². The molecular weight excluding hydrogens is 232 g/mol. The Morgan fingerprint density at radius 2 is 2.19 bits per heavy atom. The van der Waals surface area contributed by atoms with E-state index in [9.17, 15) is 8.42 Å². The summed E-state index contributed by atoms with van der Waals surface area (Å²) in [6, 6.07) is 4.89. The fourth-order valence-corrected chi connectivity index (χ4v) is 2.30. The van der Waals surface area contributed by atoms with Gasteiger partial charge in [0.05, 0.1) is 7.11 Å². The quantitative estimate of drug-likeness (QED) is 0.768. The largest absolute Gasteiger partial charge is 0.496 e. The van der Waals surface area contributed by atoms with Crippen molar-refractivity contribution in [3.8, 4) is 11.5 Å². The van der Waals surface area contributed by atoms with Crippen LogP contribution in [0.3, 0.4) is 0 Å². The summed E-state index contributed by atoms with van der Waals surface area (Å²) < 4.78 is 34.8. The van der Waals surface area contributed by atoms with Crippen LogP contribution in [-0.2, 0) is 10.3 Å². The third kappa shape index (κ3) is 1.69. The van der Waals surface area contributed by atoms with Gasteiger partial charge in [0.25, 0.3) is 0 Å². The van der Waals surface area contributed by atoms with E-state index >= 15 is 0 Å². The Morgan fingerprint density at radius 3 is 2.81 bits per heavy atom. The van der Waals surface area contributed by atoms with E-state index in [0.717, 1.165) is 0 Å². The second-order valence-electron chi connectivity index (χ2n) is 3.05. The maximum absolute atomic E-state index is 11.3. The van der Waals surface area contributed by atoms with Gasteiger partial charge in [-0.05, 0) is 12.1 Å². The van der Waals surface area contributed by atoms with Gasteiger partial charge in [-0.3, -0.25) is 4.99 Å². The van der Waals surface area contributed by atoms with Crippen LogP contribution in [-0.4, -0.2) is 28.4 Å². The van der Waals surface area contributed by atoms with Crippen molar-refractivity contribution in [3.63, 3.8) is 0 Å². The van der Waals surface area contributed by atoms with Crippen molar-refractivity contribution in [3.05, 3.63) is 23.8 Å². The summed E-state index contributed by atoms with van der Waals surface area (Å²) in [7, 11) is -0.841. The number of nitrogens with zero attached hydrogens (tertiary/aromatic N) is 1. The Labute approximate surface area is 93.2 Å². The summed E-state index contributed by atoms with van der Waals surface area (Å²) in [5.41, 5.74) is 0.502. The van der Waals surface area contributed by atoms with Gasteiger partial charge in [-0.2, -0.15) is 8.42 Å². The second-order valence-corrected chi connectivity index (χ2v) is 4.32. The molecule has 0 unspecified atom stereocenters. The predicted molar refractivity (Wildman–Crippen MR) is 58.1 cm³/mol. The van der Waals surface area contributed by atoms with Gasteiger partial charge in [-0.25, -0.2) is 4.72 Å². The third-order valence-corrected chi connectivity index (χ3v) is 2.93. The molecule has 16 heavy (non-hydrogen) atoms. The van der Waals surface area contributed by atoms with E-state index in [-0.39, 0.29) is 11.6 Å². The highest BCUT2D eigenvalue weighted by atomic mass is 32.2. The minimum Gasteiger partial charge on any atom is -0.496 e. The van der Waals surface area contributed by atoms with Crippen LogP contribution in [0.2, 0.25) is 0 Å². The standard InChI is InChI=1S/C9H10N2O4S/c1-10-9-8-6(14-2)4-3-5-7(8)15-16(12,13)11-9/h3-5H,1-2H3,(H,10,11). The molecule has 0 radical (unpaired) electrons. The van der Waals surface area contributed by atoms with E-state index in [1.54, 1.807) is 18.2 Å². The first-order valence-electron chi connectivity index (χ1n) is 4.44. The van der Waals surface area contributed by atoms with Crippen LogP contribution in [0.4, 0.5) is 0 Å². The lowest BCUT2D eigenvalue weighted by Crippen LogP contribution is -2.39. The van der Waals surface area contributed by atoms with E-state index in [4.69, 9.17) is 8.92 Å². The van der Waals surface area contributed by atoms with Crippen molar-refractivity contribution in [2.75, 3.05) is 14.2 Å². The van der Waals surface area contributed by atoms with Crippen molar-refractivity contribution < 1.29 is 17.3 Å². The summed E-state index contributed by atoms with van der Waals surface area (Å²) in [5, 5.41) is 0. The molecule has 0 spiro atoms. The molecule has 0 fully saturated rings. The average molecular weight is 242 g/mol. The van der Waals surface area contributed by atoms with Gasteiger partial charge in [0.2, 0.25) is 0 Å². The first-order valence-corrected chi connectivity index (χ1v) is 5.84.